The zero-order chi connectivity index (χ0) is 20.4. The minimum atomic E-state index is -3.92. The molecule has 1 aromatic carbocycles. The van der Waals surface area contributed by atoms with Gasteiger partial charge in [0.05, 0.1) is 9.82 Å². The number of hydrogen-bond donors (Lipinski definition) is 0. The molecule has 0 aromatic heterocycles. The summed E-state index contributed by atoms with van der Waals surface area (Å²) in [4.78, 5) is 10.1. The Bertz CT molecular complexity index is 918. The van der Waals surface area contributed by atoms with E-state index in [1.807, 2.05) is 0 Å². The Morgan fingerprint density at radius 1 is 0.786 bits per heavy atom. The Kier molecular flexibility index (Phi) is 6.34. The van der Waals surface area contributed by atoms with Gasteiger partial charge in [-0.3, -0.25) is 10.1 Å². The van der Waals surface area contributed by atoms with Gasteiger partial charge in [0.2, 0.25) is 10.0 Å². The van der Waals surface area contributed by atoms with Gasteiger partial charge in [-0.1, -0.05) is 18.9 Å². The van der Waals surface area contributed by atoms with Gasteiger partial charge < -0.3 is 0 Å². The van der Waals surface area contributed by atoms with E-state index < -0.39 is 25.2 Å². The maximum absolute atomic E-state index is 12.8. The van der Waals surface area contributed by atoms with Crippen LogP contribution in [0, 0.1) is 10.1 Å². The Morgan fingerprint density at radius 3 is 1.89 bits per heavy atom. The second-order valence-corrected chi connectivity index (χ2v) is 10.7. The lowest BCUT2D eigenvalue weighted by molar-refractivity contribution is -0.385. The van der Waals surface area contributed by atoms with Gasteiger partial charge in [-0.15, -0.1) is 0 Å². The van der Waals surface area contributed by atoms with Crippen LogP contribution >= 0.6 is 0 Å². The highest BCUT2D eigenvalue weighted by molar-refractivity contribution is 7.89. The van der Waals surface area contributed by atoms with Gasteiger partial charge in [-0.2, -0.15) is 21.3 Å². The summed E-state index contributed by atoms with van der Waals surface area (Å²) in [6.07, 6.45) is 3.70. The van der Waals surface area contributed by atoms with Crippen molar-refractivity contribution in [1.82, 2.24) is 12.9 Å². The van der Waals surface area contributed by atoms with Crippen LogP contribution in [0.15, 0.2) is 29.2 Å². The van der Waals surface area contributed by atoms with Crippen molar-refractivity contribution in [1.29, 1.82) is 0 Å². The van der Waals surface area contributed by atoms with E-state index in [-0.39, 0.29) is 36.8 Å². The molecule has 2 fully saturated rings. The van der Waals surface area contributed by atoms with Crippen molar-refractivity contribution in [2.45, 2.75) is 30.6 Å². The number of nitrogens with zero attached hydrogens (tertiary/aromatic N) is 4. The second kappa shape index (κ2) is 8.41. The minimum Gasteiger partial charge on any atom is -0.258 e. The molecule has 0 aliphatic carbocycles. The third kappa shape index (κ3) is 4.35. The molecule has 2 heterocycles. The van der Waals surface area contributed by atoms with Crippen LogP contribution < -0.4 is 0 Å². The van der Waals surface area contributed by atoms with Crippen molar-refractivity contribution in [2.75, 3.05) is 39.3 Å². The van der Waals surface area contributed by atoms with Crippen LogP contribution in [-0.4, -0.2) is 73.9 Å². The largest absolute Gasteiger partial charge is 0.282 e. The first-order chi connectivity index (χ1) is 13.2. The molecule has 0 bridgehead atoms. The maximum Gasteiger partial charge on any atom is 0.282 e. The summed E-state index contributed by atoms with van der Waals surface area (Å²) in [6.45, 7) is 1.14. The van der Waals surface area contributed by atoms with Crippen molar-refractivity contribution in [3.63, 3.8) is 0 Å². The van der Waals surface area contributed by atoms with Gasteiger partial charge in [-0.05, 0) is 18.9 Å². The first-order valence-electron chi connectivity index (χ1n) is 9.23. The van der Waals surface area contributed by atoms with Crippen LogP contribution in [0.4, 0.5) is 5.69 Å². The number of nitro benzene ring substituents is 1. The van der Waals surface area contributed by atoms with E-state index in [4.69, 9.17) is 0 Å². The highest BCUT2D eigenvalue weighted by Gasteiger charge is 2.36. The van der Waals surface area contributed by atoms with Crippen LogP contribution in [0.3, 0.4) is 0 Å². The predicted molar refractivity (Wildman–Crippen MR) is 102 cm³/mol. The quantitative estimate of drug-likeness (QED) is 0.506. The molecule has 2 aliphatic rings. The molecule has 12 heteroatoms. The molecule has 156 valence electrons. The fraction of sp³-hybridized carbons (Fsp3) is 0.625. The lowest BCUT2D eigenvalue weighted by Gasteiger charge is -2.35. The molecule has 0 spiro atoms. The molecule has 0 N–H and O–H groups in total. The Hall–Kier alpha value is -1.60. The van der Waals surface area contributed by atoms with E-state index in [1.54, 1.807) is 0 Å². The van der Waals surface area contributed by atoms with Gasteiger partial charge >= 0.3 is 0 Å². The lowest BCUT2D eigenvalue weighted by Crippen LogP contribution is -2.54. The molecule has 1 aromatic rings. The fourth-order valence-electron chi connectivity index (χ4n) is 3.48. The average molecular weight is 433 g/mol. The van der Waals surface area contributed by atoms with E-state index >= 15 is 0 Å². The Labute approximate surface area is 165 Å². The molecule has 2 aliphatic heterocycles. The summed E-state index contributed by atoms with van der Waals surface area (Å²) in [5, 5.41) is 10.9. The average Bonchev–Trinajstić information content (AvgIpc) is 2.98. The minimum absolute atomic E-state index is 0.0120. The van der Waals surface area contributed by atoms with E-state index in [9.17, 15) is 26.9 Å². The summed E-state index contributed by atoms with van der Waals surface area (Å²) in [5.41, 5.74) is -0.302. The number of rotatable bonds is 5. The standard InChI is InChI=1S/C16H24N4O6S2/c21-20(22)15-6-5-7-16(14-15)27(23,24)17-10-12-19(13-11-17)28(25,26)18-8-3-1-2-4-9-18/h5-7,14H,1-4,8-13H2. The van der Waals surface area contributed by atoms with Gasteiger partial charge in [0.1, 0.15) is 0 Å². The zero-order valence-electron chi connectivity index (χ0n) is 15.4. The fourth-order valence-corrected chi connectivity index (χ4v) is 6.62. The summed E-state index contributed by atoms with van der Waals surface area (Å²) in [7, 11) is -7.53. The van der Waals surface area contributed by atoms with Crippen LogP contribution in [0.25, 0.3) is 0 Å². The van der Waals surface area contributed by atoms with Crippen molar-refractivity contribution in [3.8, 4) is 0 Å². The molecule has 2 saturated heterocycles. The van der Waals surface area contributed by atoms with Gasteiger partial charge in [-0.25, -0.2) is 8.42 Å². The van der Waals surface area contributed by atoms with Crippen molar-refractivity contribution in [3.05, 3.63) is 34.4 Å². The summed E-state index contributed by atoms with van der Waals surface area (Å²) in [5.74, 6) is 0. The number of benzene rings is 1. The third-order valence-corrected chi connectivity index (χ3v) is 9.01. The molecule has 0 unspecified atom stereocenters. The van der Waals surface area contributed by atoms with Crippen molar-refractivity contribution < 1.29 is 21.8 Å². The Balaban J connectivity index is 1.70. The summed E-state index contributed by atoms with van der Waals surface area (Å²) < 4.78 is 55.3. The van der Waals surface area contributed by atoms with Crippen LogP contribution in [0.1, 0.15) is 25.7 Å². The normalized spacial score (nSPS) is 21.3. The highest BCUT2D eigenvalue weighted by Crippen LogP contribution is 2.24. The second-order valence-electron chi connectivity index (χ2n) is 6.88. The number of hydrogen-bond acceptors (Lipinski definition) is 6. The predicted octanol–water partition coefficient (Wildman–Crippen LogP) is 1.02. The first kappa shape index (κ1) is 21.1. The van der Waals surface area contributed by atoms with Gasteiger partial charge in [0, 0.05) is 51.4 Å². The number of nitro groups is 1. The smallest absolute Gasteiger partial charge is 0.258 e. The third-order valence-electron chi connectivity index (χ3n) is 5.08. The number of non-ortho nitro benzene ring substituents is 1. The van der Waals surface area contributed by atoms with E-state index in [0.29, 0.717) is 13.1 Å². The molecule has 0 amide bonds. The molecular weight excluding hydrogens is 408 g/mol. The summed E-state index contributed by atoms with van der Waals surface area (Å²) >= 11 is 0. The first-order valence-corrected chi connectivity index (χ1v) is 12.1. The molecule has 0 saturated carbocycles. The highest BCUT2D eigenvalue weighted by atomic mass is 32.2. The molecular formula is C16H24N4O6S2. The summed E-state index contributed by atoms with van der Waals surface area (Å²) in [6, 6.07) is 4.88. The van der Waals surface area contributed by atoms with E-state index in [1.165, 1.54) is 31.1 Å². The molecule has 3 rings (SSSR count). The monoisotopic (exact) mass is 432 g/mol. The zero-order valence-corrected chi connectivity index (χ0v) is 17.1. The molecule has 0 radical (unpaired) electrons. The van der Waals surface area contributed by atoms with Crippen LogP contribution in [0.2, 0.25) is 0 Å². The van der Waals surface area contributed by atoms with E-state index in [0.717, 1.165) is 31.7 Å². The van der Waals surface area contributed by atoms with Crippen LogP contribution in [-0.2, 0) is 20.2 Å². The SMILES string of the molecule is O=[N+]([O-])c1cccc(S(=O)(=O)N2CCN(S(=O)(=O)N3CCCCCC3)CC2)c1. The molecule has 0 atom stereocenters. The van der Waals surface area contributed by atoms with Crippen molar-refractivity contribution >= 4 is 25.9 Å². The lowest BCUT2D eigenvalue weighted by atomic mass is 10.2. The maximum atomic E-state index is 12.8. The van der Waals surface area contributed by atoms with Crippen LogP contribution in [0.5, 0.6) is 0 Å². The van der Waals surface area contributed by atoms with Gasteiger partial charge in [0.25, 0.3) is 15.9 Å². The number of piperazine rings is 1. The Morgan fingerprint density at radius 2 is 1.32 bits per heavy atom. The topological polar surface area (TPSA) is 121 Å². The van der Waals surface area contributed by atoms with E-state index in [2.05, 4.69) is 0 Å². The molecule has 28 heavy (non-hydrogen) atoms. The van der Waals surface area contributed by atoms with Crippen molar-refractivity contribution in [2.24, 2.45) is 0 Å². The number of sulfonamides is 1. The van der Waals surface area contributed by atoms with Gasteiger partial charge in [0.15, 0.2) is 0 Å². The molecule has 10 nitrogen and oxygen atoms in total.